The van der Waals surface area contributed by atoms with Crippen LogP contribution in [-0.4, -0.2) is 109 Å². The van der Waals surface area contributed by atoms with E-state index in [1.165, 1.54) is 16.4 Å². The number of hydrogen-bond donors (Lipinski definition) is 2. The number of aliphatic imine (C=N–C) groups is 1. The number of nitrogens with zero attached hydrogens (tertiary/aromatic N) is 4. The number of carbonyl (C=O) groups excluding carboxylic acids is 2. The molecule has 2 fully saturated rings. The zero-order chi connectivity index (χ0) is 32.4. The van der Waals surface area contributed by atoms with Crippen LogP contribution in [0.3, 0.4) is 0 Å². The summed E-state index contributed by atoms with van der Waals surface area (Å²) in [7, 11) is -3.67. The number of rotatable bonds is 9. The van der Waals surface area contributed by atoms with Crippen molar-refractivity contribution in [2.75, 3.05) is 58.2 Å². The van der Waals surface area contributed by atoms with Gasteiger partial charge < -0.3 is 15.3 Å². The molecule has 3 aliphatic rings. The smallest absolute Gasteiger partial charge is 0.396 e. The number of piperidine rings is 1. The normalized spacial score (nSPS) is 19.5. The lowest BCUT2D eigenvalue weighted by molar-refractivity contribution is -0.137. The Morgan fingerprint density at radius 2 is 1.76 bits per heavy atom. The third kappa shape index (κ3) is 7.40. The topological polar surface area (TPSA) is 123 Å². The predicted molar refractivity (Wildman–Crippen MR) is 162 cm³/mol. The van der Waals surface area contributed by atoms with Gasteiger partial charge in [-0.15, -0.1) is 0 Å². The second kappa shape index (κ2) is 13.2. The number of benzene rings is 2. The molecule has 10 nitrogen and oxygen atoms in total. The van der Waals surface area contributed by atoms with Gasteiger partial charge >= 0.3 is 6.18 Å². The summed E-state index contributed by atoms with van der Waals surface area (Å²) in [6.07, 6.45) is -3.34. The van der Waals surface area contributed by atoms with Gasteiger partial charge in [0.25, 0.3) is 11.8 Å². The number of carbonyl (C=O) groups is 2. The van der Waals surface area contributed by atoms with E-state index < -0.39 is 33.2 Å². The lowest BCUT2D eigenvalue weighted by Gasteiger charge is -2.35. The molecule has 2 saturated heterocycles. The van der Waals surface area contributed by atoms with Crippen LogP contribution in [0.1, 0.15) is 51.9 Å². The lowest BCUT2D eigenvalue weighted by Crippen LogP contribution is -2.50. The van der Waals surface area contributed by atoms with Crippen LogP contribution in [0, 0.1) is 6.92 Å². The molecule has 2 N–H and O–H groups in total. The lowest BCUT2D eigenvalue weighted by atomic mass is 9.89. The van der Waals surface area contributed by atoms with E-state index in [4.69, 9.17) is 5.11 Å². The summed E-state index contributed by atoms with van der Waals surface area (Å²) in [5.74, 6) is -0.591. The average Bonchev–Trinajstić information content (AvgIpc) is 3.34. The van der Waals surface area contributed by atoms with Crippen molar-refractivity contribution in [3.8, 4) is 0 Å². The molecule has 2 aromatic rings. The largest absolute Gasteiger partial charge is 0.416 e. The number of alkyl halides is 3. The van der Waals surface area contributed by atoms with Gasteiger partial charge in [-0.2, -0.15) is 13.2 Å². The van der Waals surface area contributed by atoms with Crippen molar-refractivity contribution in [3.05, 3.63) is 70.3 Å². The van der Waals surface area contributed by atoms with E-state index in [2.05, 4.69) is 15.2 Å². The van der Waals surface area contributed by atoms with E-state index in [0.717, 1.165) is 42.9 Å². The molecule has 244 valence electrons. The molecule has 14 heteroatoms. The van der Waals surface area contributed by atoms with E-state index in [1.54, 1.807) is 18.2 Å². The SMILES string of the molecule is Cc1cc(C(=O)N2CCN(CCCO)CC2)ccc1CCS(=O)(=O)N1CCC2(CC1)N=C(c1cccc(C(F)(F)F)c1)NC2=O. The minimum Gasteiger partial charge on any atom is -0.396 e. The maximum atomic E-state index is 13.3. The first-order chi connectivity index (χ1) is 21.3. The van der Waals surface area contributed by atoms with E-state index in [9.17, 15) is 31.2 Å². The van der Waals surface area contributed by atoms with Crippen molar-refractivity contribution in [3.63, 3.8) is 0 Å². The Hall–Kier alpha value is -3.33. The number of aliphatic hydroxyl groups is 1. The molecular weight excluding hydrogens is 611 g/mol. The van der Waals surface area contributed by atoms with E-state index in [0.29, 0.717) is 25.1 Å². The van der Waals surface area contributed by atoms with E-state index in [-0.39, 0.29) is 62.0 Å². The minimum atomic E-state index is -4.54. The number of aliphatic hydroxyl groups excluding tert-OH is 1. The Kier molecular flexibility index (Phi) is 9.68. The highest BCUT2D eigenvalue weighted by Gasteiger charge is 2.47. The molecule has 0 bridgehead atoms. The van der Waals surface area contributed by atoms with Crippen molar-refractivity contribution in [2.45, 2.75) is 44.3 Å². The second-order valence-corrected chi connectivity index (χ2v) is 13.9. The van der Waals surface area contributed by atoms with Gasteiger partial charge in [-0.05, 0) is 68.0 Å². The quantitative estimate of drug-likeness (QED) is 0.431. The van der Waals surface area contributed by atoms with Crippen LogP contribution in [-0.2, 0) is 27.4 Å². The number of hydrogen-bond acceptors (Lipinski definition) is 7. The van der Waals surface area contributed by atoms with Gasteiger partial charge in [0.05, 0.1) is 11.3 Å². The van der Waals surface area contributed by atoms with Crippen molar-refractivity contribution >= 4 is 27.7 Å². The van der Waals surface area contributed by atoms with Crippen molar-refractivity contribution in [1.82, 2.24) is 19.4 Å². The van der Waals surface area contributed by atoms with Crippen LogP contribution in [0.2, 0.25) is 0 Å². The van der Waals surface area contributed by atoms with Crippen LogP contribution in [0.4, 0.5) is 13.2 Å². The average molecular weight is 650 g/mol. The monoisotopic (exact) mass is 649 g/mol. The summed E-state index contributed by atoms with van der Waals surface area (Å²) in [6, 6.07) is 9.91. The maximum Gasteiger partial charge on any atom is 0.416 e. The summed E-state index contributed by atoms with van der Waals surface area (Å²) in [5, 5.41) is 11.6. The third-order valence-electron chi connectivity index (χ3n) is 8.90. The zero-order valence-corrected chi connectivity index (χ0v) is 26.0. The standard InChI is InChI=1S/C31H38F3N5O5S/c1-22-20-25(28(41)38-16-14-37(15-17-38)11-3-18-40)7-6-23(22)8-19-45(43,44)39-12-9-30(10-13-39)29(42)35-27(36-30)24-4-2-5-26(21-24)31(32,33)34/h2,4-7,20-21,40H,3,8-19H2,1H3,(H,35,36,42). The van der Waals surface area contributed by atoms with Gasteiger partial charge in [0.15, 0.2) is 0 Å². The number of amidine groups is 1. The van der Waals surface area contributed by atoms with Gasteiger partial charge in [0.1, 0.15) is 11.4 Å². The summed E-state index contributed by atoms with van der Waals surface area (Å²) in [6.45, 7) is 5.67. The molecule has 0 aromatic heterocycles. The Labute approximate surface area is 261 Å². The van der Waals surface area contributed by atoms with Crippen molar-refractivity contribution in [2.24, 2.45) is 4.99 Å². The minimum absolute atomic E-state index is 0.0557. The summed E-state index contributed by atoms with van der Waals surface area (Å²) in [5.41, 5.74) is 0.284. The number of sulfonamides is 1. The second-order valence-electron chi connectivity index (χ2n) is 11.8. The molecule has 5 rings (SSSR count). The number of amides is 2. The number of nitrogens with one attached hydrogen (secondary N) is 1. The first-order valence-corrected chi connectivity index (χ1v) is 16.7. The van der Waals surface area contributed by atoms with Gasteiger partial charge in [-0.3, -0.25) is 19.5 Å². The van der Waals surface area contributed by atoms with Crippen LogP contribution < -0.4 is 5.32 Å². The molecular formula is C31H38F3N5O5S. The van der Waals surface area contributed by atoms with Crippen LogP contribution in [0.25, 0.3) is 0 Å². The Balaban J connectivity index is 1.16. The molecule has 3 aliphatic heterocycles. The molecule has 0 saturated carbocycles. The number of piperazine rings is 1. The number of halogens is 3. The Morgan fingerprint density at radius 1 is 1.04 bits per heavy atom. The third-order valence-corrected chi connectivity index (χ3v) is 10.8. The van der Waals surface area contributed by atoms with Crippen molar-refractivity contribution in [1.29, 1.82) is 0 Å². The molecule has 2 amide bonds. The Bertz CT molecular complexity index is 1560. The molecule has 0 radical (unpaired) electrons. The first-order valence-electron chi connectivity index (χ1n) is 15.1. The molecule has 0 unspecified atom stereocenters. The molecule has 0 aliphatic carbocycles. The highest BCUT2D eigenvalue weighted by atomic mass is 32.2. The number of aryl methyl sites for hydroxylation is 2. The van der Waals surface area contributed by atoms with Crippen LogP contribution in [0.15, 0.2) is 47.5 Å². The van der Waals surface area contributed by atoms with Gasteiger partial charge in [-0.1, -0.05) is 18.2 Å². The molecule has 3 heterocycles. The highest BCUT2D eigenvalue weighted by molar-refractivity contribution is 7.89. The van der Waals surface area contributed by atoms with E-state index in [1.807, 2.05) is 11.8 Å². The van der Waals surface area contributed by atoms with Gasteiger partial charge in [0, 0.05) is 63.5 Å². The summed E-state index contributed by atoms with van der Waals surface area (Å²) < 4.78 is 67.4. The predicted octanol–water partition coefficient (Wildman–Crippen LogP) is 2.44. The summed E-state index contributed by atoms with van der Waals surface area (Å²) in [4.78, 5) is 34.5. The fourth-order valence-electron chi connectivity index (χ4n) is 6.10. The van der Waals surface area contributed by atoms with Crippen LogP contribution in [0.5, 0.6) is 0 Å². The molecule has 1 spiro atoms. The maximum absolute atomic E-state index is 13.3. The highest BCUT2D eigenvalue weighted by Crippen LogP contribution is 2.34. The fourth-order valence-corrected chi connectivity index (χ4v) is 7.57. The first kappa shape index (κ1) is 33.0. The van der Waals surface area contributed by atoms with Crippen LogP contribution >= 0.6 is 0 Å². The van der Waals surface area contributed by atoms with Crippen molar-refractivity contribution < 1.29 is 36.3 Å². The molecule has 45 heavy (non-hydrogen) atoms. The molecule has 0 atom stereocenters. The summed E-state index contributed by atoms with van der Waals surface area (Å²) >= 11 is 0. The van der Waals surface area contributed by atoms with Gasteiger partial charge in [0.2, 0.25) is 10.0 Å². The van der Waals surface area contributed by atoms with E-state index >= 15 is 0 Å². The molecule has 2 aromatic carbocycles. The Morgan fingerprint density at radius 3 is 2.40 bits per heavy atom. The zero-order valence-electron chi connectivity index (χ0n) is 25.1. The van der Waals surface area contributed by atoms with Gasteiger partial charge in [-0.25, -0.2) is 12.7 Å². The fraction of sp³-hybridized carbons (Fsp3) is 0.516.